The number of benzene rings is 3. The number of imide groups is 1. The van der Waals surface area contributed by atoms with Gasteiger partial charge in [-0.25, -0.2) is 4.79 Å². The van der Waals surface area contributed by atoms with Crippen LogP contribution < -0.4 is 15.5 Å². The monoisotopic (exact) mass is 470 g/mol. The van der Waals surface area contributed by atoms with Gasteiger partial charge in [-0.2, -0.15) is 0 Å². The number of nitrogens with zero attached hydrogens (tertiary/aromatic N) is 2. The Bertz CT molecular complexity index is 1370. The van der Waals surface area contributed by atoms with Gasteiger partial charge in [0.25, 0.3) is 17.7 Å². The van der Waals surface area contributed by atoms with Gasteiger partial charge in [0.05, 0.1) is 23.2 Å². The molecule has 3 aromatic rings. The van der Waals surface area contributed by atoms with Crippen LogP contribution in [0.15, 0.2) is 60.7 Å². The van der Waals surface area contributed by atoms with E-state index in [2.05, 4.69) is 10.6 Å². The maximum atomic E-state index is 13.1. The molecule has 0 radical (unpaired) electrons. The lowest BCUT2D eigenvalue weighted by Crippen LogP contribution is -2.29. The minimum absolute atomic E-state index is 0.0147. The molecule has 0 unspecified atom stereocenters. The summed E-state index contributed by atoms with van der Waals surface area (Å²) < 4.78 is 0. The first-order chi connectivity index (χ1) is 16.8. The summed E-state index contributed by atoms with van der Waals surface area (Å²) in [5.74, 6) is -1.54. The number of rotatable bonds is 5. The molecular formula is C26H22N4O5. The minimum Gasteiger partial charge on any atom is -0.507 e. The molecule has 1 saturated heterocycles. The van der Waals surface area contributed by atoms with Crippen LogP contribution in [0.2, 0.25) is 0 Å². The van der Waals surface area contributed by atoms with Crippen molar-refractivity contribution < 1.29 is 24.3 Å². The van der Waals surface area contributed by atoms with E-state index >= 15 is 0 Å². The average molecular weight is 470 g/mol. The van der Waals surface area contributed by atoms with Gasteiger partial charge in [-0.15, -0.1) is 0 Å². The molecule has 0 saturated carbocycles. The molecule has 0 spiro atoms. The smallest absolute Gasteiger partial charge is 0.321 e. The van der Waals surface area contributed by atoms with Crippen molar-refractivity contribution in [1.82, 2.24) is 10.2 Å². The number of fused-ring (bicyclic) bond motifs is 1. The second-order valence-corrected chi connectivity index (χ2v) is 8.44. The number of aryl methyl sites for hydroxylation is 1. The van der Waals surface area contributed by atoms with Gasteiger partial charge in [0, 0.05) is 24.5 Å². The first kappa shape index (κ1) is 22.1. The molecule has 0 bridgehead atoms. The molecule has 5 amide bonds. The number of nitrogens with one attached hydrogen (secondary N) is 2. The number of amides is 5. The van der Waals surface area contributed by atoms with Crippen LogP contribution in [-0.4, -0.2) is 46.8 Å². The maximum Gasteiger partial charge on any atom is 0.321 e. The Morgan fingerprint density at radius 3 is 2.37 bits per heavy atom. The fourth-order valence-electron chi connectivity index (χ4n) is 4.35. The molecule has 2 aliphatic rings. The molecule has 5 rings (SSSR count). The summed E-state index contributed by atoms with van der Waals surface area (Å²) in [5.41, 5.74) is 2.76. The first-order valence-corrected chi connectivity index (χ1v) is 11.1. The number of hydrogen-bond acceptors (Lipinski definition) is 5. The van der Waals surface area contributed by atoms with Gasteiger partial charge >= 0.3 is 6.03 Å². The van der Waals surface area contributed by atoms with E-state index in [1.165, 1.54) is 6.07 Å². The van der Waals surface area contributed by atoms with Gasteiger partial charge in [0.1, 0.15) is 5.75 Å². The quantitative estimate of drug-likeness (QED) is 0.495. The molecule has 2 heterocycles. The molecule has 3 aromatic carbocycles. The van der Waals surface area contributed by atoms with Crippen molar-refractivity contribution in [3.05, 3.63) is 88.5 Å². The summed E-state index contributed by atoms with van der Waals surface area (Å²) in [6.07, 6.45) is 0. The molecule has 0 aromatic heterocycles. The van der Waals surface area contributed by atoms with Crippen LogP contribution in [0.4, 0.5) is 16.2 Å². The molecule has 9 heteroatoms. The highest BCUT2D eigenvalue weighted by Crippen LogP contribution is 2.29. The van der Waals surface area contributed by atoms with E-state index in [0.717, 1.165) is 4.90 Å². The van der Waals surface area contributed by atoms with Gasteiger partial charge < -0.3 is 15.7 Å². The molecule has 35 heavy (non-hydrogen) atoms. The van der Waals surface area contributed by atoms with Crippen molar-refractivity contribution in [2.75, 3.05) is 23.3 Å². The van der Waals surface area contributed by atoms with Crippen molar-refractivity contribution in [3.8, 4) is 5.75 Å². The first-order valence-electron chi connectivity index (χ1n) is 11.1. The molecular weight excluding hydrogens is 448 g/mol. The van der Waals surface area contributed by atoms with E-state index < -0.39 is 17.7 Å². The Balaban J connectivity index is 1.38. The van der Waals surface area contributed by atoms with Gasteiger partial charge in [-0.05, 0) is 54.4 Å². The highest BCUT2D eigenvalue weighted by Gasteiger charge is 2.35. The fraction of sp³-hybridized carbons (Fsp3) is 0.154. The van der Waals surface area contributed by atoms with Gasteiger partial charge in [-0.3, -0.25) is 24.2 Å². The van der Waals surface area contributed by atoms with Crippen molar-refractivity contribution >= 4 is 35.1 Å². The lowest BCUT2D eigenvalue weighted by molar-refractivity contribution is 0.0642. The lowest BCUT2D eigenvalue weighted by Gasteiger charge is -2.17. The van der Waals surface area contributed by atoms with E-state index in [0.29, 0.717) is 46.7 Å². The number of carbonyl (C=O) groups excluding carboxylic acids is 4. The summed E-state index contributed by atoms with van der Waals surface area (Å²) in [7, 11) is 0. The maximum absolute atomic E-state index is 13.1. The second-order valence-electron chi connectivity index (χ2n) is 8.44. The van der Waals surface area contributed by atoms with Crippen molar-refractivity contribution in [2.45, 2.75) is 13.5 Å². The second kappa shape index (κ2) is 8.60. The van der Waals surface area contributed by atoms with E-state index in [9.17, 15) is 24.3 Å². The fourth-order valence-corrected chi connectivity index (χ4v) is 4.35. The molecule has 0 atom stereocenters. The predicted molar refractivity (Wildman–Crippen MR) is 129 cm³/mol. The van der Waals surface area contributed by atoms with E-state index in [1.54, 1.807) is 66.4 Å². The van der Waals surface area contributed by atoms with Crippen LogP contribution in [-0.2, 0) is 6.54 Å². The summed E-state index contributed by atoms with van der Waals surface area (Å²) in [6, 6.07) is 16.4. The SMILES string of the molecule is Cc1cc(CN2C(=O)c3ccccc3C2=O)cc(C(=O)Nc2cccc(N3CCNC3=O)c2)c1O. The third-order valence-electron chi connectivity index (χ3n) is 6.10. The van der Waals surface area contributed by atoms with Gasteiger partial charge in [-0.1, -0.05) is 24.3 Å². The number of phenols is 1. The Hall–Kier alpha value is -4.66. The van der Waals surface area contributed by atoms with Crippen molar-refractivity contribution in [1.29, 1.82) is 0 Å². The molecule has 9 nitrogen and oxygen atoms in total. The van der Waals surface area contributed by atoms with Crippen molar-refractivity contribution in [3.63, 3.8) is 0 Å². The Morgan fingerprint density at radius 2 is 1.71 bits per heavy atom. The zero-order valence-corrected chi connectivity index (χ0v) is 18.9. The molecule has 2 aliphatic heterocycles. The zero-order valence-electron chi connectivity index (χ0n) is 18.9. The van der Waals surface area contributed by atoms with Crippen molar-refractivity contribution in [2.24, 2.45) is 0 Å². The standard InChI is InChI=1S/C26H22N4O5/c1-15-11-16(14-30-24(33)19-7-2-3-8-20(19)25(30)34)12-21(22(15)31)23(32)28-17-5-4-6-18(13-17)29-10-9-27-26(29)35/h2-8,11-13,31H,9-10,14H2,1H3,(H,27,35)(H,28,32). The van der Waals surface area contributed by atoms with Crippen LogP contribution in [0, 0.1) is 6.92 Å². The number of anilines is 2. The molecule has 0 aliphatic carbocycles. The van der Waals surface area contributed by atoms with E-state index in [-0.39, 0.29) is 23.9 Å². The molecule has 1 fully saturated rings. The highest BCUT2D eigenvalue weighted by molar-refractivity contribution is 6.21. The van der Waals surface area contributed by atoms with Gasteiger partial charge in [0.2, 0.25) is 0 Å². The number of hydrogen-bond donors (Lipinski definition) is 3. The Kier molecular flexibility index (Phi) is 5.44. The molecule has 3 N–H and O–H groups in total. The third kappa shape index (κ3) is 3.97. The Labute approximate surface area is 201 Å². The summed E-state index contributed by atoms with van der Waals surface area (Å²) in [6.45, 7) is 2.68. The van der Waals surface area contributed by atoms with E-state index in [4.69, 9.17) is 0 Å². The van der Waals surface area contributed by atoms with E-state index in [1.807, 2.05) is 0 Å². The number of carbonyl (C=O) groups is 4. The van der Waals surface area contributed by atoms with Crippen LogP contribution in [0.3, 0.4) is 0 Å². The third-order valence-corrected chi connectivity index (χ3v) is 6.10. The predicted octanol–water partition coefficient (Wildman–Crippen LogP) is 3.28. The minimum atomic E-state index is -0.558. The lowest BCUT2D eigenvalue weighted by atomic mass is 10.0. The van der Waals surface area contributed by atoms with Gasteiger partial charge in [0.15, 0.2) is 0 Å². The number of phenolic OH excluding ortho intramolecular Hbond substituents is 1. The number of aromatic hydroxyl groups is 1. The summed E-state index contributed by atoms with van der Waals surface area (Å²) in [5, 5.41) is 16.1. The number of urea groups is 1. The van der Waals surface area contributed by atoms with Crippen LogP contribution in [0.1, 0.15) is 42.2 Å². The average Bonchev–Trinajstić information content (AvgIpc) is 3.38. The van der Waals surface area contributed by atoms with Crippen LogP contribution in [0.25, 0.3) is 0 Å². The zero-order chi connectivity index (χ0) is 24.7. The topological polar surface area (TPSA) is 119 Å². The Morgan fingerprint density at radius 1 is 1.00 bits per heavy atom. The van der Waals surface area contributed by atoms with Crippen LogP contribution >= 0.6 is 0 Å². The van der Waals surface area contributed by atoms with Crippen LogP contribution in [0.5, 0.6) is 5.75 Å². The largest absolute Gasteiger partial charge is 0.507 e. The summed E-state index contributed by atoms with van der Waals surface area (Å²) >= 11 is 0. The highest BCUT2D eigenvalue weighted by atomic mass is 16.3. The normalized spacial score (nSPS) is 14.8. The summed E-state index contributed by atoms with van der Waals surface area (Å²) in [4.78, 5) is 53.2. The molecule has 176 valence electrons.